The van der Waals surface area contributed by atoms with Gasteiger partial charge >= 0.3 is 0 Å². The summed E-state index contributed by atoms with van der Waals surface area (Å²) in [5.74, 6) is 0. The molecule has 1 atom stereocenters. The fourth-order valence-electron chi connectivity index (χ4n) is 1.96. The molecule has 1 unspecified atom stereocenters. The lowest BCUT2D eigenvalue weighted by Crippen LogP contribution is -2.03. The number of rotatable bonds is 2. The zero-order chi connectivity index (χ0) is 11.0. The maximum Gasteiger partial charge on any atom is 0.0912 e. The molecule has 0 aliphatic carbocycles. The van der Waals surface area contributed by atoms with Crippen molar-refractivity contribution in [3.63, 3.8) is 0 Å². The molecule has 0 aliphatic heterocycles. The molecule has 0 amide bonds. The molecule has 0 spiro atoms. The van der Waals surface area contributed by atoms with Crippen LogP contribution in [-0.4, -0.2) is 9.67 Å². The van der Waals surface area contributed by atoms with Crippen molar-refractivity contribution >= 4 is 26.8 Å². The third-order valence-corrected chi connectivity index (χ3v) is 3.13. The van der Waals surface area contributed by atoms with E-state index < -0.39 is 6.10 Å². The number of hydrogen-bond acceptors (Lipinski definition) is 1. The highest BCUT2D eigenvalue weighted by Crippen LogP contribution is 2.26. The van der Waals surface area contributed by atoms with Crippen molar-refractivity contribution < 1.29 is 5.11 Å². The Kier molecular flexibility index (Phi) is 2.85. The van der Waals surface area contributed by atoms with Gasteiger partial charge in [-0.25, -0.2) is 0 Å². The number of halogens is 1. The Hall–Kier alpha value is -0.800. The Morgan fingerprint density at radius 3 is 2.73 bits per heavy atom. The normalized spacial score (nSPS) is 13.3. The maximum atomic E-state index is 9.67. The molecule has 0 saturated heterocycles. The van der Waals surface area contributed by atoms with Crippen LogP contribution in [0.3, 0.4) is 0 Å². The molecular weight excluding hydrogens is 254 g/mol. The highest BCUT2D eigenvalue weighted by Gasteiger charge is 2.11. The quantitative estimate of drug-likeness (QED) is 0.886. The molecule has 0 saturated carbocycles. The number of aliphatic hydroxyl groups excluding tert-OH is 1. The van der Waals surface area contributed by atoms with Crippen molar-refractivity contribution in [3.8, 4) is 0 Å². The van der Waals surface area contributed by atoms with Crippen molar-refractivity contribution in [2.24, 2.45) is 0 Å². The van der Waals surface area contributed by atoms with Gasteiger partial charge in [-0.05, 0) is 38.1 Å². The summed E-state index contributed by atoms with van der Waals surface area (Å²) in [6, 6.07) is 8.23. The van der Waals surface area contributed by atoms with Gasteiger partial charge in [0.1, 0.15) is 0 Å². The molecule has 80 valence electrons. The Morgan fingerprint density at radius 1 is 1.40 bits per heavy atom. The molecular formula is C12H14BrNO. The van der Waals surface area contributed by atoms with Crippen LogP contribution < -0.4 is 0 Å². The van der Waals surface area contributed by atoms with Crippen molar-refractivity contribution in [2.45, 2.75) is 26.5 Å². The molecule has 1 aromatic heterocycles. The fourth-order valence-corrected chi connectivity index (χ4v) is 2.34. The predicted octanol–water partition coefficient (Wildman–Crippen LogP) is 3.48. The molecule has 2 aromatic rings. The monoisotopic (exact) mass is 267 g/mol. The topological polar surface area (TPSA) is 25.2 Å². The number of aliphatic hydroxyl groups is 1. The van der Waals surface area contributed by atoms with Crippen LogP contribution in [0, 0.1) is 0 Å². The minimum absolute atomic E-state index is 0.420. The van der Waals surface area contributed by atoms with Gasteiger partial charge in [-0.3, -0.25) is 0 Å². The van der Waals surface area contributed by atoms with Gasteiger partial charge in [0.15, 0.2) is 0 Å². The third kappa shape index (κ3) is 1.82. The van der Waals surface area contributed by atoms with Crippen LogP contribution in [0.1, 0.15) is 25.6 Å². The molecule has 0 aliphatic rings. The number of hydrogen-bond donors (Lipinski definition) is 1. The summed E-state index contributed by atoms with van der Waals surface area (Å²) in [7, 11) is 0. The molecule has 1 N–H and O–H groups in total. The largest absolute Gasteiger partial charge is 0.387 e. The van der Waals surface area contributed by atoms with Crippen LogP contribution in [0.25, 0.3) is 10.9 Å². The summed E-state index contributed by atoms with van der Waals surface area (Å²) >= 11 is 3.45. The first-order chi connectivity index (χ1) is 7.13. The minimum atomic E-state index is -0.420. The van der Waals surface area contributed by atoms with Crippen molar-refractivity contribution in [3.05, 3.63) is 34.4 Å². The van der Waals surface area contributed by atoms with Crippen LogP contribution in [0.15, 0.2) is 28.7 Å². The lowest BCUT2D eigenvalue weighted by atomic mass is 10.2. The van der Waals surface area contributed by atoms with Crippen LogP contribution >= 0.6 is 15.9 Å². The molecule has 0 bridgehead atoms. The highest BCUT2D eigenvalue weighted by atomic mass is 79.9. The Balaban J connectivity index is 2.73. The van der Waals surface area contributed by atoms with E-state index >= 15 is 0 Å². The van der Waals surface area contributed by atoms with Crippen molar-refractivity contribution in [1.29, 1.82) is 0 Å². The van der Waals surface area contributed by atoms with Gasteiger partial charge in [0, 0.05) is 27.6 Å². The first-order valence-electron chi connectivity index (χ1n) is 5.10. The smallest absolute Gasteiger partial charge is 0.0912 e. The van der Waals surface area contributed by atoms with Gasteiger partial charge in [-0.2, -0.15) is 0 Å². The standard InChI is InChI=1S/C12H14BrNO/c1-3-14-11-5-4-10(13)6-9(11)7-12(14)8(2)15/h4-8,15H,3H2,1-2H3. The average Bonchev–Trinajstić information content (AvgIpc) is 2.55. The predicted molar refractivity (Wildman–Crippen MR) is 65.9 cm³/mol. The lowest BCUT2D eigenvalue weighted by molar-refractivity contribution is 0.190. The Bertz CT molecular complexity index is 488. The second-order valence-corrected chi connectivity index (χ2v) is 4.61. The Morgan fingerprint density at radius 2 is 2.13 bits per heavy atom. The zero-order valence-electron chi connectivity index (χ0n) is 8.87. The van der Waals surface area contributed by atoms with E-state index in [9.17, 15) is 5.11 Å². The number of aromatic nitrogens is 1. The van der Waals surface area contributed by atoms with Crippen LogP contribution in [0.4, 0.5) is 0 Å². The van der Waals surface area contributed by atoms with E-state index in [1.807, 2.05) is 12.1 Å². The van der Waals surface area contributed by atoms with Gasteiger partial charge in [-0.15, -0.1) is 0 Å². The van der Waals surface area contributed by atoms with Gasteiger partial charge in [0.2, 0.25) is 0 Å². The van der Waals surface area contributed by atoms with Crippen molar-refractivity contribution in [2.75, 3.05) is 0 Å². The summed E-state index contributed by atoms with van der Waals surface area (Å²) in [5.41, 5.74) is 2.15. The SMILES string of the molecule is CCn1c(C(C)O)cc2cc(Br)ccc21. The second-order valence-electron chi connectivity index (χ2n) is 3.69. The summed E-state index contributed by atoms with van der Waals surface area (Å²) in [5, 5.41) is 10.8. The van der Waals surface area contributed by atoms with Crippen LogP contribution in [-0.2, 0) is 6.54 Å². The first kappa shape index (κ1) is 10.7. The molecule has 2 nitrogen and oxygen atoms in total. The summed E-state index contributed by atoms with van der Waals surface area (Å²) in [4.78, 5) is 0. The number of fused-ring (bicyclic) bond motifs is 1. The number of nitrogens with zero attached hydrogens (tertiary/aromatic N) is 1. The van der Waals surface area contributed by atoms with E-state index in [0.717, 1.165) is 16.7 Å². The van der Waals surface area contributed by atoms with Gasteiger partial charge < -0.3 is 9.67 Å². The molecule has 15 heavy (non-hydrogen) atoms. The fraction of sp³-hybridized carbons (Fsp3) is 0.333. The summed E-state index contributed by atoms with van der Waals surface area (Å²) < 4.78 is 3.22. The molecule has 0 radical (unpaired) electrons. The summed E-state index contributed by atoms with van der Waals surface area (Å²) in [6.07, 6.45) is -0.420. The highest BCUT2D eigenvalue weighted by molar-refractivity contribution is 9.10. The zero-order valence-corrected chi connectivity index (χ0v) is 10.5. The Labute approximate surface area is 97.7 Å². The van der Waals surface area contributed by atoms with Crippen molar-refractivity contribution in [1.82, 2.24) is 4.57 Å². The maximum absolute atomic E-state index is 9.67. The minimum Gasteiger partial charge on any atom is -0.387 e. The van der Waals surface area contributed by atoms with E-state index in [-0.39, 0.29) is 0 Å². The summed E-state index contributed by atoms with van der Waals surface area (Å²) in [6.45, 7) is 4.77. The second kappa shape index (κ2) is 3.99. The molecule has 2 rings (SSSR count). The van der Waals surface area contributed by atoms with E-state index in [1.54, 1.807) is 6.92 Å². The van der Waals surface area contributed by atoms with Crippen LogP contribution in [0.5, 0.6) is 0 Å². The third-order valence-electron chi connectivity index (χ3n) is 2.64. The van der Waals surface area contributed by atoms with Gasteiger partial charge in [0.25, 0.3) is 0 Å². The van der Waals surface area contributed by atoms with Gasteiger partial charge in [-0.1, -0.05) is 15.9 Å². The molecule has 0 fully saturated rings. The molecule has 1 heterocycles. The average molecular weight is 268 g/mol. The van der Waals surface area contributed by atoms with Gasteiger partial charge in [0.05, 0.1) is 6.10 Å². The van der Waals surface area contributed by atoms with E-state index in [1.165, 1.54) is 10.9 Å². The number of aryl methyl sites for hydroxylation is 1. The molecule has 3 heteroatoms. The first-order valence-corrected chi connectivity index (χ1v) is 5.89. The lowest BCUT2D eigenvalue weighted by Gasteiger charge is -2.09. The van der Waals surface area contributed by atoms with Crippen LogP contribution in [0.2, 0.25) is 0 Å². The number of benzene rings is 1. The van der Waals surface area contributed by atoms with E-state index in [2.05, 4.69) is 39.6 Å². The van der Waals surface area contributed by atoms with E-state index in [4.69, 9.17) is 0 Å². The molecule has 1 aromatic carbocycles. The van der Waals surface area contributed by atoms with E-state index in [0.29, 0.717) is 0 Å².